The second-order valence-corrected chi connectivity index (χ2v) is 6.53. The molecule has 0 amide bonds. The largest absolute Gasteiger partial charge is 0.504 e. The van der Waals surface area contributed by atoms with Crippen molar-refractivity contribution in [3.05, 3.63) is 53.1 Å². The number of aliphatic hydroxyl groups is 1. The fourth-order valence-electron chi connectivity index (χ4n) is 2.59. The van der Waals surface area contributed by atoms with E-state index in [0.717, 1.165) is 17.5 Å². The Morgan fingerprint density at radius 3 is 2.13 bits per heavy atom. The average molecular weight is 316 g/mol. The third kappa shape index (κ3) is 4.63. The van der Waals surface area contributed by atoms with Crippen molar-refractivity contribution in [3.8, 4) is 17.2 Å². The second kappa shape index (κ2) is 6.92. The topological polar surface area (TPSA) is 80.9 Å². The Morgan fingerprint density at radius 2 is 1.52 bits per heavy atom. The van der Waals surface area contributed by atoms with Crippen LogP contribution in [0.2, 0.25) is 0 Å². The second-order valence-electron chi connectivity index (χ2n) is 6.53. The van der Waals surface area contributed by atoms with E-state index in [-0.39, 0.29) is 11.5 Å². The van der Waals surface area contributed by atoms with Gasteiger partial charge >= 0.3 is 0 Å². The molecule has 4 nitrogen and oxygen atoms in total. The van der Waals surface area contributed by atoms with Crippen LogP contribution in [0.25, 0.3) is 0 Å². The van der Waals surface area contributed by atoms with Crippen LogP contribution < -0.4 is 0 Å². The maximum absolute atomic E-state index is 10.2. The van der Waals surface area contributed by atoms with Gasteiger partial charge in [0.1, 0.15) is 0 Å². The van der Waals surface area contributed by atoms with E-state index < -0.39 is 11.4 Å². The molecule has 0 atom stereocenters. The van der Waals surface area contributed by atoms with E-state index in [1.807, 2.05) is 30.3 Å². The molecule has 4 N–H and O–H groups in total. The van der Waals surface area contributed by atoms with Gasteiger partial charge in [-0.3, -0.25) is 0 Å². The molecule has 23 heavy (non-hydrogen) atoms. The minimum atomic E-state index is -0.864. The molecule has 0 aliphatic carbocycles. The molecule has 0 aliphatic heterocycles. The Kier molecular flexibility index (Phi) is 5.16. The van der Waals surface area contributed by atoms with Gasteiger partial charge in [0.25, 0.3) is 0 Å². The molecule has 0 radical (unpaired) electrons. The fraction of sp³-hybridized carbons (Fsp3) is 0.368. The SMILES string of the molecule is CC(C)(O)CCc1c(CCc2ccccc2)cc(O)c(O)c1O. The van der Waals surface area contributed by atoms with E-state index in [9.17, 15) is 20.4 Å². The lowest BCUT2D eigenvalue weighted by Gasteiger charge is -2.19. The highest BCUT2D eigenvalue weighted by Gasteiger charge is 2.20. The number of rotatable bonds is 6. The van der Waals surface area contributed by atoms with Crippen LogP contribution in [-0.2, 0) is 19.3 Å². The summed E-state index contributed by atoms with van der Waals surface area (Å²) in [6, 6.07) is 11.4. The standard InChI is InChI=1S/C19H24O4/c1-19(2,23)11-10-15-14(12-16(20)18(22)17(15)21)9-8-13-6-4-3-5-7-13/h3-7,12,20-23H,8-11H2,1-2H3. The molecule has 0 aliphatic rings. The molecule has 0 fully saturated rings. The molecule has 0 spiro atoms. The van der Waals surface area contributed by atoms with Crippen LogP contribution in [0.4, 0.5) is 0 Å². The van der Waals surface area contributed by atoms with Crippen molar-refractivity contribution in [2.45, 2.75) is 45.1 Å². The van der Waals surface area contributed by atoms with Gasteiger partial charge < -0.3 is 20.4 Å². The van der Waals surface area contributed by atoms with Crippen molar-refractivity contribution in [1.29, 1.82) is 0 Å². The van der Waals surface area contributed by atoms with Crippen LogP contribution in [0.3, 0.4) is 0 Å². The Bertz CT molecular complexity index is 657. The van der Waals surface area contributed by atoms with Gasteiger partial charge in [0.2, 0.25) is 5.75 Å². The van der Waals surface area contributed by atoms with Crippen LogP contribution in [0.1, 0.15) is 37.0 Å². The van der Waals surface area contributed by atoms with Gasteiger partial charge in [-0.1, -0.05) is 30.3 Å². The molecule has 2 rings (SSSR count). The minimum Gasteiger partial charge on any atom is -0.504 e. The highest BCUT2D eigenvalue weighted by atomic mass is 16.3. The molecule has 124 valence electrons. The Balaban J connectivity index is 2.25. The van der Waals surface area contributed by atoms with Crippen LogP contribution in [-0.4, -0.2) is 26.0 Å². The number of aryl methyl sites for hydroxylation is 2. The number of benzene rings is 2. The monoisotopic (exact) mass is 316 g/mol. The van der Waals surface area contributed by atoms with Gasteiger partial charge in [0, 0.05) is 5.56 Å². The molecule has 0 saturated heterocycles. The lowest BCUT2D eigenvalue weighted by Crippen LogP contribution is -2.19. The lowest BCUT2D eigenvalue weighted by molar-refractivity contribution is 0.0712. The molecule has 0 aromatic heterocycles. The van der Waals surface area contributed by atoms with E-state index in [1.54, 1.807) is 13.8 Å². The van der Waals surface area contributed by atoms with Crippen molar-refractivity contribution >= 4 is 0 Å². The highest BCUT2D eigenvalue weighted by Crippen LogP contribution is 2.41. The van der Waals surface area contributed by atoms with Gasteiger partial charge in [-0.15, -0.1) is 0 Å². The maximum Gasteiger partial charge on any atom is 0.200 e. The zero-order valence-electron chi connectivity index (χ0n) is 13.6. The molecule has 0 heterocycles. The fourth-order valence-corrected chi connectivity index (χ4v) is 2.59. The summed E-state index contributed by atoms with van der Waals surface area (Å²) in [5, 5.41) is 39.6. The predicted molar refractivity (Wildman–Crippen MR) is 89.9 cm³/mol. The van der Waals surface area contributed by atoms with Crippen LogP contribution in [0.15, 0.2) is 36.4 Å². The molecule has 0 saturated carbocycles. The number of phenolic OH excluding ortho intramolecular Hbond substituents is 3. The van der Waals surface area contributed by atoms with Gasteiger partial charge in [0.05, 0.1) is 5.60 Å². The third-order valence-electron chi connectivity index (χ3n) is 3.96. The van der Waals surface area contributed by atoms with Crippen molar-refractivity contribution in [2.24, 2.45) is 0 Å². The normalized spacial score (nSPS) is 11.6. The summed E-state index contributed by atoms with van der Waals surface area (Å²) in [5.74, 6) is -1.12. The van der Waals surface area contributed by atoms with Crippen molar-refractivity contribution in [1.82, 2.24) is 0 Å². The first-order chi connectivity index (χ1) is 10.8. The lowest BCUT2D eigenvalue weighted by atomic mass is 9.92. The summed E-state index contributed by atoms with van der Waals surface area (Å²) in [7, 11) is 0. The third-order valence-corrected chi connectivity index (χ3v) is 3.96. The van der Waals surface area contributed by atoms with Crippen molar-refractivity contribution in [3.63, 3.8) is 0 Å². The highest BCUT2D eigenvalue weighted by molar-refractivity contribution is 5.57. The molecule has 0 unspecified atom stereocenters. The summed E-state index contributed by atoms with van der Waals surface area (Å²) in [6.07, 6.45) is 2.27. The number of hydrogen-bond donors (Lipinski definition) is 4. The summed E-state index contributed by atoms with van der Waals surface area (Å²) in [4.78, 5) is 0. The van der Waals surface area contributed by atoms with Crippen LogP contribution >= 0.6 is 0 Å². The van der Waals surface area contributed by atoms with E-state index in [1.165, 1.54) is 6.07 Å². The van der Waals surface area contributed by atoms with Gasteiger partial charge in [-0.05, 0) is 56.7 Å². The summed E-state index contributed by atoms with van der Waals surface area (Å²) >= 11 is 0. The van der Waals surface area contributed by atoms with Crippen LogP contribution in [0, 0.1) is 0 Å². The van der Waals surface area contributed by atoms with Gasteiger partial charge in [-0.25, -0.2) is 0 Å². The van der Waals surface area contributed by atoms with Gasteiger partial charge in [-0.2, -0.15) is 0 Å². The summed E-state index contributed by atoms with van der Waals surface area (Å²) in [6.45, 7) is 3.40. The first-order valence-electron chi connectivity index (χ1n) is 7.80. The average Bonchev–Trinajstić information content (AvgIpc) is 2.50. The zero-order chi connectivity index (χ0) is 17.0. The Morgan fingerprint density at radius 1 is 0.870 bits per heavy atom. The minimum absolute atomic E-state index is 0.294. The zero-order valence-corrected chi connectivity index (χ0v) is 13.6. The van der Waals surface area contributed by atoms with E-state index in [4.69, 9.17) is 0 Å². The number of hydrogen-bond acceptors (Lipinski definition) is 4. The molecule has 4 heteroatoms. The molecular weight excluding hydrogens is 292 g/mol. The molecule has 2 aromatic carbocycles. The van der Waals surface area contributed by atoms with Crippen LogP contribution in [0.5, 0.6) is 17.2 Å². The Labute approximate surface area is 136 Å². The molecule has 2 aromatic rings. The van der Waals surface area contributed by atoms with E-state index in [2.05, 4.69) is 0 Å². The summed E-state index contributed by atoms with van der Waals surface area (Å²) in [5.41, 5.74) is 1.66. The van der Waals surface area contributed by atoms with E-state index >= 15 is 0 Å². The predicted octanol–water partition coefficient (Wildman–Crippen LogP) is 3.29. The molecular formula is C19H24O4. The maximum atomic E-state index is 10.2. The van der Waals surface area contributed by atoms with E-state index in [0.29, 0.717) is 24.8 Å². The number of aromatic hydroxyl groups is 3. The van der Waals surface area contributed by atoms with Crippen molar-refractivity contribution in [2.75, 3.05) is 0 Å². The molecule has 0 bridgehead atoms. The Hall–Kier alpha value is -2.20. The van der Waals surface area contributed by atoms with Gasteiger partial charge in [0.15, 0.2) is 11.5 Å². The quantitative estimate of drug-likeness (QED) is 0.617. The first kappa shape index (κ1) is 17.2. The first-order valence-corrected chi connectivity index (χ1v) is 7.80. The number of phenols is 3. The smallest absolute Gasteiger partial charge is 0.200 e. The summed E-state index contributed by atoms with van der Waals surface area (Å²) < 4.78 is 0. The van der Waals surface area contributed by atoms with Crippen molar-refractivity contribution < 1.29 is 20.4 Å².